The molecule has 1 heterocycles. The predicted octanol–water partition coefficient (Wildman–Crippen LogP) is 0.323. The molecule has 0 aromatic carbocycles. The molecular formula is C10H16N2O4. The van der Waals surface area contributed by atoms with E-state index < -0.39 is 0 Å². The molecule has 90 valence electrons. The highest BCUT2D eigenvalue weighted by atomic mass is 16.5. The molecule has 0 atom stereocenters. The number of unbranched alkanes of at least 4 members (excludes halogenated alkanes) is 1. The normalized spacial score (nSPS) is 10.4. The lowest BCUT2D eigenvalue weighted by atomic mass is 10.3. The summed E-state index contributed by atoms with van der Waals surface area (Å²) in [7, 11) is 1.54. The number of amides is 1. The van der Waals surface area contributed by atoms with Gasteiger partial charge in [0.1, 0.15) is 6.61 Å². The average Bonchev–Trinajstić information content (AvgIpc) is 2.73. The van der Waals surface area contributed by atoms with Crippen LogP contribution < -0.4 is 5.32 Å². The number of rotatable bonds is 7. The molecule has 0 unspecified atom stereocenters. The minimum atomic E-state index is -0.274. The van der Waals surface area contributed by atoms with Crippen molar-refractivity contribution in [2.75, 3.05) is 20.3 Å². The van der Waals surface area contributed by atoms with Gasteiger partial charge in [0.25, 0.3) is 5.91 Å². The van der Waals surface area contributed by atoms with Gasteiger partial charge in [-0.1, -0.05) is 5.16 Å². The smallest absolute Gasteiger partial charge is 0.273 e. The van der Waals surface area contributed by atoms with E-state index in [1.54, 1.807) is 6.07 Å². The van der Waals surface area contributed by atoms with Crippen LogP contribution in [0, 0.1) is 0 Å². The van der Waals surface area contributed by atoms with Crippen LogP contribution in [0.4, 0.5) is 0 Å². The molecular weight excluding hydrogens is 212 g/mol. The Bertz CT molecular complexity index is 324. The van der Waals surface area contributed by atoms with Gasteiger partial charge in [-0.05, 0) is 12.8 Å². The summed E-state index contributed by atoms with van der Waals surface area (Å²) >= 11 is 0. The Balaban J connectivity index is 2.34. The van der Waals surface area contributed by atoms with Crippen molar-refractivity contribution in [2.24, 2.45) is 0 Å². The fraction of sp³-hybridized carbons (Fsp3) is 0.600. The lowest BCUT2D eigenvalue weighted by Crippen LogP contribution is -2.24. The fourth-order valence-corrected chi connectivity index (χ4v) is 1.16. The summed E-state index contributed by atoms with van der Waals surface area (Å²) < 4.78 is 9.72. The van der Waals surface area contributed by atoms with Crippen LogP contribution in [0.1, 0.15) is 29.1 Å². The van der Waals surface area contributed by atoms with Crippen molar-refractivity contribution in [3.05, 3.63) is 17.5 Å². The van der Waals surface area contributed by atoms with Gasteiger partial charge in [0.2, 0.25) is 0 Å². The van der Waals surface area contributed by atoms with Crippen LogP contribution in [0.15, 0.2) is 10.6 Å². The number of hydrogen-bond acceptors (Lipinski definition) is 5. The number of aliphatic hydroxyl groups is 1. The van der Waals surface area contributed by atoms with Crippen molar-refractivity contribution in [1.29, 1.82) is 0 Å². The molecule has 0 fully saturated rings. The van der Waals surface area contributed by atoms with E-state index in [-0.39, 0.29) is 18.2 Å². The van der Waals surface area contributed by atoms with Crippen molar-refractivity contribution in [3.63, 3.8) is 0 Å². The molecule has 6 nitrogen and oxygen atoms in total. The van der Waals surface area contributed by atoms with Gasteiger partial charge >= 0.3 is 0 Å². The third-order valence-corrected chi connectivity index (χ3v) is 1.95. The Hall–Kier alpha value is -1.40. The zero-order chi connectivity index (χ0) is 11.8. The minimum Gasteiger partial charge on any atom is -0.396 e. The molecule has 1 amide bonds. The van der Waals surface area contributed by atoms with E-state index in [9.17, 15) is 4.79 Å². The number of aliphatic hydroxyl groups excluding tert-OH is 1. The van der Waals surface area contributed by atoms with E-state index >= 15 is 0 Å². The highest BCUT2D eigenvalue weighted by Gasteiger charge is 2.11. The van der Waals surface area contributed by atoms with Gasteiger partial charge in [0.15, 0.2) is 11.5 Å². The molecule has 0 aliphatic heterocycles. The molecule has 0 saturated carbocycles. The van der Waals surface area contributed by atoms with Crippen molar-refractivity contribution < 1.29 is 19.2 Å². The van der Waals surface area contributed by atoms with Crippen molar-refractivity contribution in [3.8, 4) is 0 Å². The maximum atomic E-state index is 11.5. The molecule has 1 aromatic rings. The average molecular weight is 228 g/mol. The number of carbonyl (C=O) groups is 1. The molecule has 1 rings (SSSR count). The zero-order valence-corrected chi connectivity index (χ0v) is 9.23. The monoisotopic (exact) mass is 228 g/mol. The zero-order valence-electron chi connectivity index (χ0n) is 9.23. The lowest BCUT2D eigenvalue weighted by Gasteiger charge is -2.00. The quantitative estimate of drug-likeness (QED) is 0.657. The standard InChI is InChI=1S/C10H16N2O4/c1-15-7-8-6-9(12-16-8)10(14)11-4-2-3-5-13/h6,13H,2-5,7H2,1H3,(H,11,14). The number of methoxy groups -OCH3 is 1. The van der Waals surface area contributed by atoms with E-state index in [4.69, 9.17) is 14.4 Å². The number of nitrogens with zero attached hydrogens (tertiary/aromatic N) is 1. The molecule has 6 heteroatoms. The first-order chi connectivity index (χ1) is 7.77. The largest absolute Gasteiger partial charge is 0.396 e. The Labute approximate surface area is 93.6 Å². The summed E-state index contributed by atoms with van der Waals surface area (Å²) in [5.74, 6) is 0.243. The van der Waals surface area contributed by atoms with E-state index in [0.717, 1.165) is 6.42 Å². The highest BCUT2D eigenvalue weighted by Crippen LogP contribution is 2.04. The maximum absolute atomic E-state index is 11.5. The summed E-state index contributed by atoms with van der Waals surface area (Å²) in [6.07, 6.45) is 1.42. The molecule has 0 aliphatic rings. The van der Waals surface area contributed by atoms with E-state index in [1.807, 2.05) is 0 Å². The molecule has 2 N–H and O–H groups in total. The van der Waals surface area contributed by atoms with Gasteiger partial charge in [-0.2, -0.15) is 0 Å². The Kier molecular flexibility index (Phi) is 5.52. The SMILES string of the molecule is COCc1cc(C(=O)NCCCCO)no1. The third-order valence-electron chi connectivity index (χ3n) is 1.95. The number of hydrogen-bond donors (Lipinski definition) is 2. The molecule has 0 saturated heterocycles. The molecule has 0 radical (unpaired) electrons. The van der Waals surface area contributed by atoms with Gasteiger partial charge in [-0.15, -0.1) is 0 Å². The van der Waals surface area contributed by atoms with E-state index in [0.29, 0.717) is 25.3 Å². The van der Waals surface area contributed by atoms with Crippen molar-refractivity contribution >= 4 is 5.91 Å². The summed E-state index contributed by atoms with van der Waals surface area (Å²) in [5, 5.41) is 14.8. The topological polar surface area (TPSA) is 84.6 Å². The van der Waals surface area contributed by atoms with Crippen LogP contribution in [0.25, 0.3) is 0 Å². The van der Waals surface area contributed by atoms with Gasteiger partial charge < -0.3 is 19.7 Å². The second kappa shape index (κ2) is 6.97. The van der Waals surface area contributed by atoms with Crippen LogP contribution in [0.2, 0.25) is 0 Å². The van der Waals surface area contributed by atoms with Gasteiger partial charge in [0, 0.05) is 26.3 Å². The molecule has 16 heavy (non-hydrogen) atoms. The fourth-order valence-electron chi connectivity index (χ4n) is 1.16. The molecule has 0 aliphatic carbocycles. The van der Waals surface area contributed by atoms with Gasteiger partial charge in [0.05, 0.1) is 0 Å². The van der Waals surface area contributed by atoms with Crippen LogP contribution in [0.5, 0.6) is 0 Å². The van der Waals surface area contributed by atoms with Crippen molar-refractivity contribution in [2.45, 2.75) is 19.4 Å². The summed E-state index contributed by atoms with van der Waals surface area (Å²) in [4.78, 5) is 11.5. The first-order valence-corrected chi connectivity index (χ1v) is 5.11. The molecule has 0 bridgehead atoms. The maximum Gasteiger partial charge on any atom is 0.273 e. The van der Waals surface area contributed by atoms with Crippen LogP contribution >= 0.6 is 0 Å². The first kappa shape index (κ1) is 12.7. The Morgan fingerprint density at radius 1 is 1.62 bits per heavy atom. The van der Waals surface area contributed by atoms with Crippen LogP contribution in [0.3, 0.4) is 0 Å². The van der Waals surface area contributed by atoms with Gasteiger partial charge in [-0.3, -0.25) is 4.79 Å². The second-order valence-electron chi connectivity index (χ2n) is 3.30. The predicted molar refractivity (Wildman–Crippen MR) is 55.9 cm³/mol. The van der Waals surface area contributed by atoms with E-state index in [2.05, 4.69) is 10.5 Å². The molecule has 0 spiro atoms. The lowest BCUT2D eigenvalue weighted by molar-refractivity contribution is 0.0942. The first-order valence-electron chi connectivity index (χ1n) is 5.11. The number of nitrogens with one attached hydrogen (secondary N) is 1. The van der Waals surface area contributed by atoms with Gasteiger partial charge in [-0.25, -0.2) is 0 Å². The molecule has 1 aromatic heterocycles. The number of carbonyl (C=O) groups excluding carboxylic acids is 1. The van der Waals surface area contributed by atoms with Crippen LogP contribution in [-0.2, 0) is 11.3 Å². The number of aromatic nitrogens is 1. The minimum absolute atomic E-state index is 0.137. The Morgan fingerprint density at radius 3 is 3.12 bits per heavy atom. The summed E-state index contributed by atoms with van der Waals surface area (Å²) in [5.41, 5.74) is 0.246. The van der Waals surface area contributed by atoms with Crippen LogP contribution in [-0.4, -0.2) is 36.4 Å². The summed E-state index contributed by atoms with van der Waals surface area (Å²) in [6, 6.07) is 1.55. The highest BCUT2D eigenvalue weighted by molar-refractivity contribution is 5.92. The second-order valence-corrected chi connectivity index (χ2v) is 3.30. The third kappa shape index (κ3) is 4.00. The number of ether oxygens (including phenoxy) is 1. The van der Waals surface area contributed by atoms with Crippen molar-refractivity contribution in [1.82, 2.24) is 10.5 Å². The Morgan fingerprint density at radius 2 is 2.44 bits per heavy atom. The van der Waals surface area contributed by atoms with E-state index in [1.165, 1.54) is 7.11 Å². The summed E-state index contributed by atoms with van der Waals surface area (Å²) in [6.45, 7) is 0.953.